The maximum atomic E-state index is 10.2. The van der Waals surface area contributed by atoms with Gasteiger partial charge < -0.3 is 11.5 Å². The number of halogens is 1. The van der Waals surface area contributed by atoms with E-state index in [9.17, 15) is 4.79 Å². The minimum absolute atomic E-state index is 0. The molecular weight excluding hydrogens is 152 g/mol. The second-order valence-electron chi connectivity index (χ2n) is 2.66. The summed E-state index contributed by atoms with van der Waals surface area (Å²) in [6.07, 6.45) is 2.46. The Morgan fingerprint density at radius 1 is 1.60 bits per heavy atom. The highest BCUT2D eigenvalue weighted by atomic mass is 35.5. The number of carbonyl (C=O) groups excluding carboxylic acids is 1. The fraction of sp³-hybridized carbons (Fsp3) is 0.833. The molecule has 3 nitrogen and oxygen atoms in total. The van der Waals surface area contributed by atoms with E-state index >= 15 is 0 Å². The third-order valence-corrected chi connectivity index (χ3v) is 1.74. The van der Waals surface area contributed by atoms with E-state index in [-0.39, 0.29) is 18.3 Å². The van der Waals surface area contributed by atoms with Crippen LogP contribution in [-0.4, -0.2) is 11.9 Å². The molecular formula is C6H13ClN2O. The summed E-state index contributed by atoms with van der Waals surface area (Å²) in [5.74, 6) is 0.367. The summed E-state index contributed by atoms with van der Waals surface area (Å²) in [5, 5.41) is 0. The van der Waals surface area contributed by atoms with E-state index in [0.717, 1.165) is 12.8 Å². The number of rotatable bonds is 3. The first-order valence-electron chi connectivity index (χ1n) is 3.24. The molecule has 4 heteroatoms. The van der Waals surface area contributed by atoms with Gasteiger partial charge in [0.2, 0.25) is 5.91 Å². The van der Waals surface area contributed by atoms with Crippen LogP contribution in [-0.2, 0) is 4.79 Å². The predicted octanol–water partition coefficient (Wildman–Crippen LogP) is 0.0209. The van der Waals surface area contributed by atoms with Gasteiger partial charge in [0.15, 0.2) is 0 Å². The van der Waals surface area contributed by atoms with Crippen LogP contribution >= 0.6 is 12.4 Å². The Morgan fingerprint density at radius 3 is 2.40 bits per heavy atom. The van der Waals surface area contributed by atoms with E-state index in [1.165, 1.54) is 0 Å². The van der Waals surface area contributed by atoms with Crippen molar-refractivity contribution >= 4 is 18.3 Å². The van der Waals surface area contributed by atoms with Gasteiger partial charge in [0.25, 0.3) is 0 Å². The molecule has 10 heavy (non-hydrogen) atoms. The molecule has 0 spiro atoms. The minimum atomic E-state index is -0.214. The first kappa shape index (κ1) is 9.72. The van der Waals surface area contributed by atoms with Gasteiger partial charge in [0.05, 0.1) is 0 Å². The Balaban J connectivity index is 0.000000810. The standard InChI is InChI=1S/C6H12N2O.ClH/c7-5-3-4(5)1-2-6(8)9;/h4-5H,1-3,7H2,(H2,8,9);1H. The maximum Gasteiger partial charge on any atom is 0.217 e. The van der Waals surface area contributed by atoms with Crippen LogP contribution in [0.3, 0.4) is 0 Å². The molecule has 1 fully saturated rings. The molecule has 60 valence electrons. The molecule has 0 aromatic carbocycles. The molecule has 2 atom stereocenters. The van der Waals surface area contributed by atoms with Crippen LogP contribution in [0.25, 0.3) is 0 Å². The Kier molecular flexibility index (Phi) is 3.68. The van der Waals surface area contributed by atoms with Gasteiger partial charge in [-0.05, 0) is 18.8 Å². The summed E-state index contributed by atoms with van der Waals surface area (Å²) in [6, 6.07) is 0.351. The van der Waals surface area contributed by atoms with E-state index in [0.29, 0.717) is 18.4 Å². The lowest BCUT2D eigenvalue weighted by Crippen LogP contribution is -2.11. The van der Waals surface area contributed by atoms with E-state index in [1.807, 2.05) is 0 Å². The summed E-state index contributed by atoms with van der Waals surface area (Å²) in [6.45, 7) is 0. The van der Waals surface area contributed by atoms with Crippen LogP contribution in [0.15, 0.2) is 0 Å². The lowest BCUT2D eigenvalue weighted by Gasteiger charge is -1.91. The van der Waals surface area contributed by atoms with E-state index in [2.05, 4.69) is 0 Å². The van der Waals surface area contributed by atoms with Crippen LogP contribution < -0.4 is 11.5 Å². The maximum absolute atomic E-state index is 10.2. The van der Waals surface area contributed by atoms with E-state index in [1.54, 1.807) is 0 Å². The van der Waals surface area contributed by atoms with Gasteiger partial charge in [-0.2, -0.15) is 0 Å². The first-order valence-corrected chi connectivity index (χ1v) is 3.24. The van der Waals surface area contributed by atoms with Crippen molar-refractivity contribution in [3.63, 3.8) is 0 Å². The lowest BCUT2D eigenvalue weighted by molar-refractivity contribution is -0.118. The Bertz CT molecular complexity index is 129. The molecule has 1 saturated carbocycles. The summed E-state index contributed by atoms with van der Waals surface area (Å²) in [7, 11) is 0. The number of hydrogen-bond acceptors (Lipinski definition) is 2. The van der Waals surface area contributed by atoms with Crippen molar-refractivity contribution in [1.29, 1.82) is 0 Å². The van der Waals surface area contributed by atoms with Gasteiger partial charge in [0, 0.05) is 12.5 Å². The largest absolute Gasteiger partial charge is 0.370 e. The van der Waals surface area contributed by atoms with Crippen LogP contribution in [0.5, 0.6) is 0 Å². The molecule has 0 aromatic heterocycles. The normalized spacial score (nSPS) is 28.9. The highest BCUT2D eigenvalue weighted by Crippen LogP contribution is 2.31. The fourth-order valence-electron chi connectivity index (χ4n) is 0.931. The molecule has 1 aliphatic carbocycles. The Hall–Kier alpha value is -0.280. The van der Waals surface area contributed by atoms with Gasteiger partial charge in [0.1, 0.15) is 0 Å². The zero-order valence-electron chi connectivity index (χ0n) is 5.75. The topological polar surface area (TPSA) is 69.1 Å². The average molecular weight is 165 g/mol. The summed E-state index contributed by atoms with van der Waals surface area (Å²) in [4.78, 5) is 10.2. The number of nitrogens with two attached hydrogens (primary N) is 2. The smallest absolute Gasteiger partial charge is 0.217 e. The number of primary amides is 1. The van der Waals surface area contributed by atoms with Gasteiger partial charge in [-0.1, -0.05) is 0 Å². The monoisotopic (exact) mass is 164 g/mol. The Labute approximate surface area is 66.6 Å². The van der Waals surface area contributed by atoms with Crippen molar-refractivity contribution in [1.82, 2.24) is 0 Å². The molecule has 0 aliphatic heterocycles. The van der Waals surface area contributed by atoms with Crippen LogP contribution in [0.2, 0.25) is 0 Å². The van der Waals surface area contributed by atoms with Crippen molar-refractivity contribution in [2.24, 2.45) is 17.4 Å². The third kappa shape index (κ3) is 3.03. The number of carbonyl (C=O) groups is 1. The third-order valence-electron chi connectivity index (χ3n) is 1.74. The summed E-state index contributed by atoms with van der Waals surface area (Å²) >= 11 is 0. The zero-order chi connectivity index (χ0) is 6.85. The summed E-state index contributed by atoms with van der Waals surface area (Å²) < 4.78 is 0. The SMILES string of the molecule is Cl.NC(=O)CCC1CC1N. The lowest BCUT2D eigenvalue weighted by atomic mass is 10.2. The number of hydrogen-bond donors (Lipinski definition) is 2. The van der Waals surface area contributed by atoms with Gasteiger partial charge in [-0.25, -0.2) is 0 Å². The van der Waals surface area contributed by atoms with Crippen LogP contribution in [0.4, 0.5) is 0 Å². The van der Waals surface area contributed by atoms with E-state index in [4.69, 9.17) is 11.5 Å². The molecule has 1 rings (SSSR count). The molecule has 4 N–H and O–H groups in total. The molecule has 1 amide bonds. The van der Waals surface area contributed by atoms with Crippen LogP contribution in [0.1, 0.15) is 19.3 Å². The highest BCUT2D eigenvalue weighted by molar-refractivity contribution is 5.85. The molecule has 0 saturated heterocycles. The van der Waals surface area contributed by atoms with E-state index < -0.39 is 0 Å². The van der Waals surface area contributed by atoms with Gasteiger partial charge in [-0.3, -0.25) is 4.79 Å². The molecule has 2 unspecified atom stereocenters. The molecule has 1 aliphatic rings. The van der Waals surface area contributed by atoms with Crippen LogP contribution in [0, 0.1) is 5.92 Å². The predicted molar refractivity (Wildman–Crippen MR) is 41.8 cm³/mol. The molecule has 0 radical (unpaired) electrons. The van der Waals surface area contributed by atoms with Crippen molar-refractivity contribution in [2.45, 2.75) is 25.3 Å². The van der Waals surface area contributed by atoms with Crippen molar-refractivity contribution in [3.8, 4) is 0 Å². The minimum Gasteiger partial charge on any atom is -0.370 e. The highest BCUT2D eigenvalue weighted by Gasteiger charge is 2.32. The van der Waals surface area contributed by atoms with Gasteiger partial charge in [-0.15, -0.1) is 12.4 Å². The fourth-order valence-corrected chi connectivity index (χ4v) is 0.931. The van der Waals surface area contributed by atoms with Crippen molar-refractivity contribution in [2.75, 3.05) is 0 Å². The Morgan fingerprint density at radius 2 is 2.10 bits per heavy atom. The summed E-state index contributed by atoms with van der Waals surface area (Å²) in [5.41, 5.74) is 10.4. The number of amides is 1. The molecule has 0 bridgehead atoms. The zero-order valence-corrected chi connectivity index (χ0v) is 6.56. The molecule has 0 aromatic rings. The second kappa shape index (κ2) is 3.78. The average Bonchev–Trinajstić information content (AvgIpc) is 2.42. The van der Waals surface area contributed by atoms with Crippen molar-refractivity contribution in [3.05, 3.63) is 0 Å². The first-order chi connectivity index (χ1) is 4.20. The quantitative estimate of drug-likeness (QED) is 0.618. The second-order valence-corrected chi connectivity index (χ2v) is 2.66. The van der Waals surface area contributed by atoms with Gasteiger partial charge >= 0.3 is 0 Å². The van der Waals surface area contributed by atoms with Crippen molar-refractivity contribution < 1.29 is 4.79 Å². The molecule has 0 heterocycles.